The highest BCUT2D eigenvalue weighted by Crippen LogP contribution is 2.28. The molecule has 0 bridgehead atoms. The summed E-state index contributed by atoms with van der Waals surface area (Å²) in [5.74, 6) is -0.0668. The number of ketones is 1. The van der Waals surface area contributed by atoms with Crippen LogP contribution >= 0.6 is 0 Å². The highest BCUT2D eigenvalue weighted by atomic mass is 19.1. The van der Waals surface area contributed by atoms with Crippen molar-refractivity contribution in [2.24, 2.45) is 0 Å². The molecule has 1 atom stereocenters. The van der Waals surface area contributed by atoms with Crippen LogP contribution in [0.2, 0.25) is 0 Å². The van der Waals surface area contributed by atoms with Gasteiger partial charge in [0.25, 0.3) is 0 Å². The van der Waals surface area contributed by atoms with Crippen LogP contribution < -0.4 is 5.32 Å². The number of hydrogen-bond donors (Lipinski definition) is 1. The van der Waals surface area contributed by atoms with Crippen molar-refractivity contribution in [3.8, 4) is 0 Å². The number of ether oxygens (including phenoxy) is 2. The van der Waals surface area contributed by atoms with Crippen molar-refractivity contribution in [3.63, 3.8) is 0 Å². The summed E-state index contributed by atoms with van der Waals surface area (Å²) in [5, 5.41) is 3.29. The van der Waals surface area contributed by atoms with E-state index in [0.29, 0.717) is 39.4 Å². The van der Waals surface area contributed by atoms with Crippen LogP contribution in [-0.2, 0) is 14.3 Å². The van der Waals surface area contributed by atoms with Gasteiger partial charge in [0.15, 0.2) is 5.78 Å². The first-order chi connectivity index (χ1) is 9.70. The number of piperidine rings is 1. The molecule has 0 saturated carbocycles. The van der Waals surface area contributed by atoms with Gasteiger partial charge < -0.3 is 14.8 Å². The molecule has 0 radical (unpaired) electrons. The van der Waals surface area contributed by atoms with E-state index < -0.39 is 5.54 Å². The van der Waals surface area contributed by atoms with E-state index in [1.807, 2.05) is 0 Å². The molecule has 1 unspecified atom stereocenters. The Morgan fingerprint density at radius 2 is 1.80 bits per heavy atom. The molecule has 2 fully saturated rings. The maximum absolute atomic E-state index is 12.9. The van der Waals surface area contributed by atoms with E-state index in [4.69, 9.17) is 9.47 Å². The van der Waals surface area contributed by atoms with Gasteiger partial charge in [-0.1, -0.05) is 12.1 Å². The molecule has 1 aromatic carbocycles. The zero-order valence-electron chi connectivity index (χ0n) is 11.2. The van der Waals surface area contributed by atoms with Crippen molar-refractivity contribution < 1.29 is 18.7 Å². The second kappa shape index (κ2) is 5.60. The molecular formula is C15H18FNO3. The van der Waals surface area contributed by atoms with E-state index in [1.165, 1.54) is 12.1 Å². The summed E-state index contributed by atoms with van der Waals surface area (Å²) < 4.78 is 23.9. The average molecular weight is 279 g/mol. The lowest BCUT2D eigenvalue weighted by Gasteiger charge is -2.38. The zero-order valence-corrected chi connectivity index (χ0v) is 11.2. The molecule has 5 heteroatoms. The highest BCUT2D eigenvalue weighted by molar-refractivity contribution is 5.90. The van der Waals surface area contributed by atoms with Gasteiger partial charge >= 0.3 is 0 Å². The summed E-state index contributed by atoms with van der Waals surface area (Å²) in [6.07, 6.45) is 0.436. The number of nitrogens with one attached hydrogen (secondary N) is 1. The Kier molecular flexibility index (Phi) is 3.83. The topological polar surface area (TPSA) is 47.6 Å². The molecule has 1 spiro atoms. The van der Waals surface area contributed by atoms with Crippen LogP contribution in [0.5, 0.6) is 0 Å². The van der Waals surface area contributed by atoms with Crippen molar-refractivity contribution in [2.75, 3.05) is 33.0 Å². The lowest BCUT2D eigenvalue weighted by molar-refractivity contribution is -0.131. The molecule has 0 amide bonds. The normalized spacial score (nSPS) is 26.4. The molecule has 3 rings (SSSR count). The van der Waals surface area contributed by atoms with E-state index in [2.05, 4.69) is 5.32 Å². The van der Waals surface area contributed by atoms with Gasteiger partial charge in [-0.25, -0.2) is 4.39 Å². The number of Topliss-reactive ketones (excluding diaryl/α,β-unsaturated/α-hetero) is 1. The fourth-order valence-electron chi connectivity index (χ4n) is 2.79. The quantitative estimate of drug-likeness (QED) is 0.840. The zero-order chi connectivity index (χ0) is 14.0. The standard InChI is InChI=1S/C15H18FNO3/c16-13-3-1-11(2-4-13)12-7-14(18)15(17-8-12)9-19-5-6-20-10-15/h1-4,12,17H,5-10H2. The van der Waals surface area contributed by atoms with Gasteiger partial charge in [0, 0.05) is 18.9 Å². The fourth-order valence-corrected chi connectivity index (χ4v) is 2.79. The van der Waals surface area contributed by atoms with Crippen molar-refractivity contribution in [3.05, 3.63) is 35.6 Å². The number of rotatable bonds is 1. The lowest BCUT2D eigenvalue weighted by Crippen LogP contribution is -2.62. The molecule has 0 aliphatic carbocycles. The van der Waals surface area contributed by atoms with Gasteiger partial charge in [-0.15, -0.1) is 0 Å². The van der Waals surface area contributed by atoms with Crippen LogP contribution in [0, 0.1) is 5.82 Å². The third-order valence-corrected chi connectivity index (χ3v) is 4.06. The Bertz CT molecular complexity index is 480. The van der Waals surface area contributed by atoms with E-state index in [9.17, 15) is 9.18 Å². The van der Waals surface area contributed by atoms with Gasteiger partial charge in [0.05, 0.1) is 26.4 Å². The molecule has 2 saturated heterocycles. The minimum Gasteiger partial charge on any atom is -0.377 e. The number of halogens is 1. The Balaban J connectivity index is 1.73. The molecule has 0 aromatic heterocycles. The second-order valence-corrected chi connectivity index (χ2v) is 5.44. The SMILES string of the molecule is O=C1CC(c2ccc(F)cc2)CNC12COCCOC2. The van der Waals surface area contributed by atoms with Gasteiger partial charge in [-0.05, 0) is 17.7 Å². The maximum atomic E-state index is 12.9. The smallest absolute Gasteiger partial charge is 0.158 e. The molecule has 2 aliphatic heterocycles. The van der Waals surface area contributed by atoms with Crippen molar-refractivity contribution in [1.29, 1.82) is 0 Å². The minimum absolute atomic E-state index is 0.0805. The van der Waals surface area contributed by atoms with Crippen LogP contribution in [0.15, 0.2) is 24.3 Å². The Hall–Kier alpha value is -1.30. The van der Waals surface area contributed by atoms with Gasteiger partial charge in [-0.3, -0.25) is 4.79 Å². The first-order valence-corrected chi connectivity index (χ1v) is 6.89. The molecule has 1 aromatic rings. The Labute approximate surface area is 117 Å². The van der Waals surface area contributed by atoms with Gasteiger partial charge in [0.2, 0.25) is 0 Å². The third-order valence-electron chi connectivity index (χ3n) is 4.06. The maximum Gasteiger partial charge on any atom is 0.158 e. The van der Waals surface area contributed by atoms with E-state index in [0.717, 1.165) is 5.56 Å². The summed E-state index contributed by atoms with van der Waals surface area (Å²) in [6.45, 7) is 2.45. The van der Waals surface area contributed by atoms with Crippen LogP contribution in [0.3, 0.4) is 0 Å². The first kappa shape index (κ1) is 13.7. The highest BCUT2D eigenvalue weighted by Gasteiger charge is 2.44. The Morgan fingerprint density at radius 1 is 1.15 bits per heavy atom. The summed E-state index contributed by atoms with van der Waals surface area (Å²) in [6, 6.07) is 6.35. The minimum atomic E-state index is -0.701. The summed E-state index contributed by atoms with van der Waals surface area (Å²) in [4.78, 5) is 12.5. The molecule has 20 heavy (non-hydrogen) atoms. The molecule has 2 aliphatic rings. The first-order valence-electron chi connectivity index (χ1n) is 6.89. The predicted octanol–water partition coefficient (Wildman–Crippen LogP) is 1.26. The molecular weight excluding hydrogens is 261 g/mol. The number of hydrogen-bond acceptors (Lipinski definition) is 4. The number of benzene rings is 1. The molecule has 4 nitrogen and oxygen atoms in total. The molecule has 2 heterocycles. The van der Waals surface area contributed by atoms with Crippen molar-refractivity contribution in [1.82, 2.24) is 5.32 Å². The molecule has 1 N–H and O–H groups in total. The Morgan fingerprint density at radius 3 is 2.40 bits per heavy atom. The number of carbonyl (C=O) groups excluding carboxylic acids is 1. The predicted molar refractivity (Wildman–Crippen MR) is 71.1 cm³/mol. The molecule has 108 valence electrons. The number of carbonyl (C=O) groups is 1. The van der Waals surface area contributed by atoms with E-state index in [1.54, 1.807) is 12.1 Å². The van der Waals surface area contributed by atoms with Crippen molar-refractivity contribution >= 4 is 5.78 Å². The van der Waals surface area contributed by atoms with Crippen molar-refractivity contribution in [2.45, 2.75) is 17.9 Å². The summed E-state index contributed by atoms with van der Waals surface area (Å²) in [5.41, 5.74) is 0.282. The lowest BCUT2D eigenvalue weighted by atomic mass is 9.81. The summed E-state index contributed by atoms with van der Waals surface area (Å²) >= 11 is 0. The van der Waals surface area contributed by atoms with E-state index >= 15 is 0 Å². The van der Waals surface area contributed by atoms with Gasteiger partial charge in [-0.2, -0.15) is 0 Å². The van der Waals surface area contributed by atoms with Gasteiger partial charge in [0.1, 0.15) is 11.4 Å². The third kappa shape index (κ3) is 2.61. The average Bonchev–Trinajstić information content (AvgIpc) is 2.70. The van der Waals surface area contributed by atoms with E-state index in [-0.39, 0.29) is 17.5 Å². The largest absolute Gasteiger partial charge is 0.377 e. The monoisotopic (exact) mass is 279 g/mol. The van der Waals surface area contributed by atoms with Crippen LogP contribution in [0.4, 0.5) is 4.39 Å². The van der Waals surface area contributed by atoms with Crippen LogP contribution in [-0.4, -0.2) is 44.3 Å². The van der Waals surface area contributed by atoms with Crippen LogP contribution in [0.25, 0.3) is 0 Å². The fraction of sp³-hybridized carbons (Fsp3) is 0.533. The second-order valence-electron chi connectivity index (χ2n) is 5.44. The summed E-state index contributed by atoms with van der Waals surface area (Å²) in [7, 11) is 0. The van der Waals surface area contributed by atoms with Crippen LogP contribution in [0.1, 0.15) is 17.9 Å².